The van der Waals surface area contributed by atoms with E-state index in [9.17, 15) is 0 Å². The maximum absolute atomic E-state index is 4.39. The standard InChI is InChI=1S/C19H19N3/c1-19(2,3)18-8-17(12-22-13-18)16-7-15(10-21-11-16)14-5-4-6-20-9-14/h4-13H,1-3H3. The Balaban J connectivity index is 2.03. The van der Waals surface area contributed by atoms with Gasteiger partial charge in [-0.1, -0.05) is 26.8 Å². The molecular weight excluding hydrogens is 270 g/mol. The predicted octanol–water partition coefficient (Wildman–Crippen LogP) is 4.50. The van der Waals surface area contributed by atoms with E-state index in [1.165, 1.54) is 5.56 Å². The fraction of sp³-hybridized carbons (Fsp3) is 0.211. The van der Waals surface area contributed by atoms with Gasteiger partial charge in [0, 0.05) is 59.4 Å². The van der Waals surface area contributed by atoms with Gasteiger partial charge < -0.3 is 0 Å². The first-order chi connectivity index (χ1) is 10.5. The Kier molecular flexibility index (Phi) is 3.72. The van der Waals surface area contributed by atoms with Gasteiger partial charge in [-0.2, -0.15) is 0 Å². The van der Waals surface area contributed by atoms with Crippen LogP contribution in [0.4, 0.5) is 0 Å². The highest BCUT2D eigenvalue weighted by Gasteiger charge is 2.15. The summed E-state index contributed by atoms with van der Waals surface area (Å²) < 4.78 is 0. The molecule has 0 saturated carbocycles. The molecule has 3 aromatic rings. The third-order valence-electron chi connectivity index (χ3n) is 3.67. The molecule has 0 bridgehead atoms. The van der Waals surface area contributed by atoms with Crippen molar-refractivity contribution in [3.63, 3.8) is 0 Å². The minimum absolute atomic E-state index is 0.0808. The molecule has 0 spiro atoms. The van der Waals surface area contributed by atoms with Gasteiger partial charge in [-0.05, 0) is 29.2 Å². The minimum Gasteiger partial charge on any atom is -0.264 e. The normalized spacial score (nSPS) is 11.4. The van der Waals surface area contributed by atoms with Crippen molar-refractivity contribution in [3.8, 4) is 22.3 Å². The summed E-state index contributed by atoms with van der Waals surface area (Å²) in [5, 5.41) is 0. The van der Waals surface area contributed by atoms with Gasteiger partial charge in [-0.15, -0.1) is 0 Å². The molecule has 0 aliphatic carbocycles. The SMILES string of the molecule is CC(C)(C)c1cncc(-c2cncc(-c3cccnc3)c2)c1. The zero-order chi connectivity index (χ0) is 15.6. The van der Waals surface area contributed by atoms with Crippen molar-refractivity contribution in [1.29, 1.82) is 0 Å². The van der Waals surface area contributed by atoms with Crippen LogP contribution in [0.3, 0.4) is 0 Å². The van der Waals surface area contributed by atoms with E-state index in [0.717, 1.165) is 22.3 Å². The molecule has 22 heavy (non-hydrogen) atoms. The minimum atomic E-state index is 0.0808. The molecule has 3 heterocycles. The fourth-order valence-electron chi connectivity index (χ4n) is 2.30. The Hall–Kier alpha value is -2.55. The topological polar surface area (TPSA) is 38.7 Å². The average Bonchev–Trinajstić information content (AvgIpc) is 2.55. The molecule has 0 saturated heterocycles. The number of rotatable bonds is 2. The van der Waals surface area contributed by atoms with Gasteiger partial charge in [0.2, 0.25) is 0 Å². The summed E-state index contributed by atoms with van der Waals surface area (Å²) in [4.78, 5) is 12.9. The molecule has 0 atom stereocenters. The van der Waals surface area contributed by atoms with Crippen LogP contribution in [-0.2, 0) is 5.41 Å². The van der Waals surface area contributed by atoms with Crippen LogP contribution in [0, 0.1) is 0 Å². The van der Waals surface area contributed by atoms with Crippen LogP contribution < -0.4 is 0 Å². The molecule has 110 valence electrons. The molecular formula is C19H19N3. The molecule has 3 rings (SSSR count). The van der Waals surface area contributed by atoms with E-state index >= 15 is 0 Å². The van der Waals surface area contributed by atoms with E-state index < -0.39 is 0 Å². The van der Waals surface area contributed by atoms with Crippen molar-refractivity contribution < 1.29 is 0 Å². The summed E-state index contributed by atoms with van der Waals surface area (Å²) >= 11 is 0. The molecule has 0 N–H and O–H groups in total. The summed E-state index contributed by atoms with van der Waals surface area (Å²) in [5.41, 5.74) is 5.59. The third kappa shape index (κ3) is 3.03. The molecule has 0 amide bonds. The molecule has 0 aliphatic heterocycles. The Morgan fingerprint density at radius 3 is 1.91 bits per heavy atom. The zero-order valence-electron chi connectivity index (χ0n) is 13.1. The lowest BCUT2D eigenvalue weighted by atomic mass is 9.87. The fourth-order valence-corrected chi connectivity index (χ4v) is 2.30. The highest BCUT2D eigenvalue weighted by Crippen LogP contribution is 2.28. The largest absolute Gasteiger partial charge is 0.264 e. The van der Waals surface area contributed by atoms with Gasteiger partial charge in [-0.25, -0.2) is 0 Å². The van der Waals surface area contributed by atoms with Crippen LogP contribution in [0.2, 0.25) is 0 Å². The van der Waals surface area contributed by atoms with E-state index in [-0.39, 0.29) is 5.41 Å². The van der Waals surface area contributed by atoms with E-state index in [1.807, 2.05) is 43.1 Å². The lowest BCUT2D eigenvalue weighted by Gasteiger charge is -2.19. The summed E-state index contributed by atoms with van der Waals surface area (Å²) in [6, 6.07) is 8.30. The maximum atomic E-state index is 4.39. The van der Waals surface area contributed by atoms with Gasteiger partial charge in [0.05, 0.1) is 0 Å². The molecule has 0 unspecified atom stereocenters. The Morgan fingerprint density at radius 2 is 1.27 bits per heavy atom. The van der Waals surface area contributed by atoms with E-state index in [1.54, 1.807) is 6.20 Å². The molecule has 3 heteroatoms. The highest BCUT2D eigenvalue weighted by atomic mass is 14.7. The van der Waals surface area contributed by atoms with Gasteiger partial charge in [0.25, 0.3) is 0 Å². The van der Waals surface area contributed by atoms with E-state index in [2.05, 4.69) is 47.9 Å². The Morgan fingerprint density at radius 1 is 0.682 bits per heavy atom. The molecule has 3 nitrogen and oxygen atoms in total. The van der Waals surface area contributed by atoms with Gasteiger partial charge >= 0.3 is 0 Å². The lowest BCUT2D eigenvalue weighted by Crippen LogP contribution is -2.11. The quantitative estimate of drug-likeness (QED) is 0.697. The highest BCUT2D eigenvalue weighted by molar-refractivity contribution is 5.71. The second kappa shape index (κ2) is 5.68. The monoisotopic (exact) mass is 289 g/mol. The second-order valence-corrected chi connectivity index (χ2v) is 6.42. The predicted molar refractivity (Wildman–Crippen MR) is 89.4 cm³/mol. The van der Waals surface area contributed by atoms with Crippen LogP contribution >= 0.6 is 0 Å². The van der Waals surface area contributed by atoms with Crippen molar-refractivity contribution >= 4 is 0 Å². The van der Waals surface area contributed by atoms with Crippen molar-refractivity contribution in [1.82, 2.24) is 15.0 Å². The average molecular weight is 289 g/mol. The van der Waals surface area contributed by atoms with E-state index in [4.69, 9.17) is 0 Å². The zero-order valence-corrected chi connectivity index (χ0v) is 13.1. The second-order valence-electron chi connectivity index (χ2n) is 6.42. The molecule has 0 aliphatic rings. The van der Waals surface area contributed by atoms with Gasteiger partial charge in [-0.3, -0.25) is 15.0 Å². The summed E-state index contributed by atoms with van der Waals surface area (Å²) in [6.07, 6.45) is 11.2. The molecule has 0 fully saturated rings. The lowest BCUT2D eigenvalue weighted by molar-refractivity contribution is 0.588. The van der Waals surface area contributed by atoms with E-state index in [0.29, 0.717) is 0 Å². The number of aromatic nitrogens is 3. The van der Waals surface area contributed by atoms with Crippen molar-refractivity contribution in [2.24, 2.45) is 0 Å². The smallest absolute Gasteiger partial charge is 0.0347 e. The van der Waals surface area contributed by atoms with Crippen LogP contribution in [0.5, 0.6) is 0 Å². The van der Waals surface area contributed by atoms with Gasteiger partial charge in [0.15, 0.2) is 0 Å². The molecule has 0 radical (unpaired) electrons. The summed E-state index contributed by atoms with van der Waals surface area (Å²) in [7, 11) is 0. The van der Waals surface area contributed by atoms with Crippen molar-refractivity contribution in [2.45, 2.75) is 26.2 Å². The first kappa shape index (κ1) is 14.4. The third-order valence-corrected chi connectivity index (χ3v) is 3.67. The van der Waals surface area contributed by atoms with Crippen molar-refractivity contribution in [2.75, 3.05) is 0 Å². The molecule has 0 aromatic carbocycles. The van der Waals surface area contributed by atoms with Crippen LogP contribution in [0.15, 0.2) is 61.4 Å². The number of pyridine rings is 3. The number of hydrogen-bond donors (Lipinski definition) is 0. The van der Waals surface area contributed by atoms with Crippen LogP contribution in [-0.4, -0.2) is 15.0 Å². The van der Waals surface area contributed by atoms with Crippen LogP contribution in [0.25, 0.3) is 22.3 Å². The Bertz CT molecular complexity index is 774. The molecule has 3 aromatic heterocycles. The van der Waals surface area contributed by atoms with Crippen LogP contribution in [0.1, 0.15) is 26.3 Å². The Labute approximate surface area is 131 Å². The van der Waals surface area contributed by atoms with Gasteiger partial charge in [0.1, 0.15) is 0 Å². The number of hydrogen-bond acceptors (Lipinski definition) is 3. The van der Waals surface area contributed by atoms with Crippen molar-refractivity contribution in [3.05, 3.63) is 67.0 Å². The summed E-state index contributed by atoms with van der Waals surface area (Å²) in [6.45, 7) is 6.58. The first-order valence-electron chi connectivity index (χ1n) is 7.35. The maximum Gasteiger partial charge on any atom is 0.0347 e. The first-order valence-corrected chi connectivity index (χ1v) is 7.35. The summed E-state index contributed by atoms with van der Waals surface area (Å²) in [5.74, 6) is 0. The number of nitrogens with zero attached hydrogens (tertiary/aromatic N) is 3.